The lowest BCUT2D eigenvalue weighted by atomic mass is 9.95. The summed E-state index contributed by atoms with van der Waals surface area (Å²) in [5, 5.41) is 7.07. The SMILES string of the molecule is CCOc1cccc2c1OC(c1cc(OC)ccc1OC)N1N=C(c3cccc(OC)c3)CC21. The van der Waals surface area contributed by atoms with Gasteiger partial charge in [-0.25, -0.2) is 5.01 Å². The van der Waals surface area contributed by atoms with Crippen LogP contribution in [0.5, 0.6) is 28.7 Å². The molecule has 2 atom stereocenters. The van der Waals surface area contributed by atoms with Crippen LogP contribution < -0.4 is 23.7 Å². The number of benzene rings is 3. The van der Waals surface area contributed by atoms with Gasteiger partial charge in [0.05, 0.1) is 45.3 Å². The van der Waals surface area contributed by atoms with E-state index >= 15 is 0 Å². The van der Waals surface area contributed by atoms with Crippen LogP contribution in [0.2, 0.25) is 0 Å². The first-order chi connectivity index (χ1) is 16.7. The van der Waals surface area contributed by atoms with Gasteiger partial charge in [0.2, 0.25) is 6.23 Å². The Kier molecular flexibility index (Phi) is 5.92. The minimum Gasteiger partial charge on any atom is -0.497 e. The number of rotatable bonds is 7. The molecule has 0 bridgehead atoms. The van der Waals surface area contributed by atoms with Crippen LogP contribution in [0.1, 0.15) is 42.3 Å². The van der Waals surface area contributed by atoms with E-state index in [2.05, 4.69) is 12.1 Å². The molecule has 2 unspecified atom stereocenters. The Balaban J connectivity index is 1.65. The molecule has 3 aromatic rings. The van der Waals surface area contributed by atoms with Crippen molar-refractivity contribution in [3.05, 3.63) is 77.4 Å². The summed E-state index contributed by atoms with van der Waals surface area (Å²) in [6.45, 7) is 2.52. The number of hydrogen-bond acceptors (Lipinski definition) is 7. The lowest BCUT2D eigenvalue weighted by molar-refractivity contribution is -0.0226. The van der Waals surface area contributed by atoms with E-state index < -0.39 is 6.23 Å². The monoisotopic (exact) mass is 460 g/mol. The molecule has 34 heavy (non-hydrogen) atoms. The lowest BCUT2D eigenvalue weighted by Gasteiger charge is -2.39. The second-order valence-electron chi connectivity index (χ2n) is 8.06. The van der Waals surface area contributed by atoms with Gasteiger partial charge < -0.3 is 23.7 Å². The van der Waals surface area contributed by atoms with Crippen molar-refractivity contribution in [1.82, 2.24) is 5.01 Å². The molecule has 0 aromatic heterocycles. The molecule has 2 aliphatic heterocycles. The first-order valence-corrected chi connectivity index (χ1v) is 11.3. The summed E-state index contributed by atoms with van der Waals surface area (Å²) in [7, 11) is 4.97. The molecule has 176 valence electrons. The standard InChI is InChI=1S/C27H28N2O5/c1-5-33-25-11-7-10-20-23-16-22(17-8-6-9-18(14-17)30-2)28-29(23)27(34-26(20)25)21-15-19(31-3)12-13-24(21)32-4/h6-15,23,27H,5,16H2,1-4H3. The molecule has 0 aliphatic carbocycles. The van der Waals surface area contributed by atoms with E-state index in [1.165, 1.54) is 0 Å². The van der Waals surface area contributed by atoms with E-state index in [1.807, 2.05) is 60.5 Å². The van der Waals surface area contributed by atoms with Gasteiger partial charge in [-0.1, -0.05) is 24.3 Å². The van der Waals surface area contributed by atoms with Gasteiger partial charge in [0, 0.05) is 17.5 Å². The molecule has 0 saturated heterocycles. The predicted molar refractivity (Wildman–Crippen MR) is 129 cm³/mol. The zero-order valence-corrected chi connectivity index (χ0v) is 19.8. The van der Waals surface area contributed by atoms with E-state index in [1.54, 1.807) is 21.3 Å². The number of methoxy groups -OCH3 is 3. The van der Waals surface area contributed by atoms with Gasteiger partial charge in [-0.3, -0.25) is 0 Å². The highest BCUT2D eigenvalue weighted by Gasteiger charge is 2.43. The van der Waals surface area contributed by atoms with Gasteiger partial charge in [0.15, 0.2) is 11.5 Å². The molecule has 0 radical (unpaired) electrons. The summed E-state index contributed by atoms with van der Waals surface area (Å²) in [4.78, 5) is 0. The first-order valence-electron chi connectivity index (χ1n) is 11.3. The highest BCUT2D eigenvalue weighted by Crippen LogP contribution is 2.52. The third kappa shape index (κ3) is 3.77. The Bertz CT molecular complexity index is 1230. The number of nitrogens with zero attached hydrogens (tertiary/aromatic N) is 2. The maximum absolute atomic E-state index is 6.62. The van der Waals surface area contributed by atoms with Gasteiger partial charge in [0.25, 0.3) is 0 Å². The van der Waals surface area contributed by atoms with Crippen LogP contribution in [-0.2, 0) is 0 Å². The normalized spacial score (nSPS) is 18.4. The van der Waals surface area contributed by atoms with Crippen LogP contribution >= 0.6 is 0 Å². The van der Waals surface area contributed by atoms with Crippen LogP contribution in [0.15, 0.2) is 65.8 Å². The van der Waals surface area contributed by atoms with Gasteiger partial charge in [-0.05, 0) is 43.3 Å². The molecule has 0 saturated carbocycles. The minimum atomic E-state index is -0.521. The highest BCUT2D eigenvalue weighted by atomic mass is 16.5. The van der Waals surface area contributed by atoms with Crippen molar-refractivity contribution in [3.8, 4) is 28.7 Å². The van der Waals surface area contributed by atoms with Gasteiger partial charge in [-0.15, -0.1) is 0 Å². The van der Waals surface area contributed by atoms with Crippen molar-refractivity contribution in [1.29, 1.82) is 0 Å². The molecule has 0 spiro atoms. The summed E-state index contributed by atoms with van der Waals surface area (Å²) < 4.78 is 29.2. The van der Waals surface area contributed by atoms with Crippen molar-refractivity contribution >= 4 is 5.71 Å². The zero-order chi connectivity index (χ0) is 23.7. The summed E-state index contributed by atoms with van der Waals surface area (Å²) >= 11 is 0. The van der Waals surface area contributed by atoms with Crippen LogP contribution in [0.25, 0.3) is 0 Å². The molecule has 2 heterocycles. The van der Waals surface area contributed by atoms with Crippen LogP contribution in [0.3, 0.4) is 0 Å². The first kappa shape index (κ1) is 21.9. The molecule has 7 nitrogen and oxygen atoms in total. The second-order valence-corrected chi connectivity index (χ2v) is 8.06. The molecule has 0 fully saturated rings. The number of para-hydroxylation sites is 1. The second kappa shape index (κ2) is 9.17. The van der Waals surface area contributed by atoms with E-state index in [9.17, 15) is 0 Å². The average molecular weight is 461 g/mol. The van der Waals surface area contributed by atoms with Crippen LogP contribution in [-0.4, -0.2) is 38.7 Å². The van der Waals surface area contributed by atoms with Gasteiger partial charge in [-0.2, -0.15) is 5.10 Å². The number of fused-ring (bicyclic) bond motifs is 3. The molecular weight excluding hydrogens is 432 g/mol. The number of ether oxygens (including phenoxy) is 5. The van der Waals surface area contributed by atoms with Crippen LogP contribution in [0, 0.1) is 0 Å². The van der Waals surface area contributed by atoms with E-state index in [-0.39, 0.29) is 6.04 Å². The molecule has 0 N–H and O–H groups in total. The Labute approximate surface area is 199 Å². The predicted octanol–water partition coefficient (Wildman–Crippen LogP) is 5.35. The third-order valence-corrected chi connectivity index (χ3v) is 6.19. The Hall–Kier alpha value is -3.87. The van der Waals surface area contributed by atoms with Crippen molar-refractivity contribution < 1.29 is 23.7 Å². The quantitative estimate of drug-likeness (QED) is 0.474. The Morgan fingerprint density at radius 1 is 0.882 bits per heavy atom. The molecule has 7 heteroatoms. The van der Waals surface area contributed by atoms with E-state index in [0.29, 0.717) is 12.4 Å². The topological polar surface area (TPSA) is 61.8 Å². The van der Waals surface area contributed by atoms with Gasteiger partial charge in [0.1, 0.15) is 17.2 Å². The lowest BCUT2D eigenvalue weighted by Crippen LogP contribution is -2.34. The summed E-state index contributed by atoms with van der Waals surface area (Å²) in [6, 6.07) is 19.7. The minimum absolute atomic E-state index is 0.0220. The summed E-state index contributed by atoms with van der Waals surface area (Å²) in [5.74, 6) is 3.68. The average Bonchev–Trinajstić information content (AvgIpc) is 3.34. The van der Waals surface area contributed by atoms with E-state index in [4.69, 9.17) is 28.8 Å². The maximum Gasteiger partial charge on any atom is 0.217 e. The fraction of sp³-hybridized carbons (Fsp3) is 0.296. The highest BCUT2D eigenvalue weighted by molar-refractivity contribution is 6.02. The number of hydrazone groups is 1. The Morgan fingerprint density at radius 3 is 2.44 bits per heavy atom. The molecule has 2 aliphatic rings. The molecule has 3 aromatic carbocycles. The largest absolute Gasteiger partial charge is 0.497 e. The summed E-state index contributed by atoms with van der Waals surface area (Å²) in [5.41, 5.74) is 3.87. The van der Waals surface area contributed by atoms with Crippen molar-refractivity contribution in [2.75, 3.05) is 27.9 Å². The molecule has 5 rings (SSSR count). The smallest absolute Gasteiger partial charge is 0.217 e. The van der Waals surface area contributed by atoms with Crippen molar-refractivity contribution in [2.45, 2.75) is 25.6 Å². The zero-order valence-electron chi connectivity index (χ0n) is 19.8. The van der Waals surface area contributed by atoms with Crippen molar-refractivity contribution in [2.24, 2.45) is 5.10 Å². The van der Waals surface area contributed by atoms with Crippen LogP contribution in [0.4, 0.5) is 0 Å². The van der Waals surface area contributed by atoms with E-state index in [0.717, 1.165) is 51.8 Å². The molecular formula is C27H28N2O5. The maximum atomic E-state index is 6.62. The fourth-order valence-corrected chi connectivity index (χ4v) is 4.57. The number of hydrogen-bond donors (Lipinski definition) is 0. The van der Waals surface area contributed by atoms with Gasteiger partial charge >= 0.3 is 0 Å². The van der Waals surface area contributed by atoms with Crippen molar-refractivity contribution in [3.63, 3.8) is 0 Å². The fourth-order valence-electron chi connectivity index (χ4n) is 4.57. The Morgan fingerprint density at radius 2 is 1.68 bits per heavy atom. The molecule has 0 amide bonds. The summed E-state index contributed by atoms with van der Waals surface area (Å²) in [6.07, 6.45) is 0.203. The third-order valence-electron chi connectivity index (χ3n) is 6.19.